The highest BCUT2D eigenvalue weighted by Crippen LogP contribution is 2.26. The van der Waals surface area contributed by atoms with E-state index in [0.29, 0.717) is 12.0 Å². The van der Waals surface area contributed by atoms with Crippen LogP contribution in [0.15, 0.2) is 24.3 Å². The molecule has 3 atom stereocenters. The molecular formula is C15H23FN2. The maximum absolute atomic E-state index is 13.2. The fraction of sp³-hybridized carbons (Fsp3) is 0.600. The Hall–Kier alpha value is -0.930. The van der Waals surface area contributed by atoms with Crippen molar-refractivity contribution < 1.29 is 4.39 Å². The van der Waals surface area contributed by atoms with Gasteiger partial charge in [-0.05, 0) is 49.9 Å². The Kier molecular flexibility index (Phi) is 4.72. The Labute approximate surface area is 109 Å². The summed E-state index contributed by atoms with van der Waals surface area (Å²) in [5, 5.41) is 3.62. The van der Waals surface area contributed by atoms with Crippen molar-refractivity contribution in [1.82, 2.24) is 5.32 Å². The lowest BCUT2D eigenvalue weighted by molar-refractivity contribution is 0.252. The summed E-state index contributed by atoms with van der Waals surface area (Å²) in [5.74, 6) is 0.398. The molecule has 0 bridgehead atoms. The third-order valence-corrected chi connectivity index (χ3v) is 4.02. The molecular weight excluding hydrogens is 227 g/mol. The van der Waals surface area contributed by atoms with E-state index in [-0.39, 0.29) is 11.9 Å². The van der Waals surface area contributed by atoms with Crippen molar-refractivity contribution >= 4 is 0 Å². The molecule has 3 heteroatoms. The number of nitrogens with two attached hydrogens (primary N) is 1. The minimum Gasteiger partial charge on any atom is -0.330 e. The van der Waals surface area contributed by atoms with Crippen molar-refractivity contribution in [2.24, 2.45) is 11.7 Å². The molecule has 0 amide bonds. The lowest BCUT2D eigenvalue weighted by Crippen LogP contribution is -2.42. The Bertz CT molecular complexity index is 381. The van der Waals surface area contributed by atoms with E-state index in [1.165, 1.54) is 31.7 Å². The van der Waals surface area contributed by atoms with E-state index in [0.717, 1.165) is 12.1 Å². The first-order valence-electron chi connectivity index (χ1n) is 6.92. The summed E-state index contributed by atoms with van der Waals surface area (Å²) in [5.41, 5.74) is 6.84. The van der Waals surface area contributed by atoms with Crippen molar-refractivity contribution in [3.63, 3.8) is 0 Å². The summed E-state index contributed by atoms with van der Waals surface area (Å²) in [7, 11) is 0. The molecule has 1 aliphatic carbocycles. The zero-order valence-corrected chi connectivity index (χ0v) is 11.0. The molecule has 0 radical (unpaired) electrons. The van der Waals surface area contributed by atoms with Crippen molar-refractivity contribution in [2.45, 2.75) is 44.7 Å². The van der Waals surface area contributed by atoms with Crippen LogP contribution in [0, 0.1) is 11.7 Å². The third kappa shape index (κ3) is 3.30. The van der Waals surface area contributed by atoms with Gasteiger partial charge in [0.1, 0.15) is 5.82 Å². The standard InChI is InChI=1S/C15H23FN2/c1-11(12-6-4-7-14(16)9-12)18-15-8-3-2-5-13(15)10-17/h4,6-7,9,11,13,15,18H,2-3,5,8,10,17H2,1H3/t11-,13?,15?/m0/s1. The SMILES string of the molecule is C[C@H](NC1CCCCC1CN)c1cccc(F)c1. The molecule has 0 aliphatic heterocycles. The molecule has 18 heavy (non-hydrogen) atoms. The molecule has 3 N–H and O–H groups in total. The number of halogens is 1. The second-order valence-corrected chi connectivity index (χ2v) is 5.33. The summed E-state index contributed by atoms with van der Waals surface area (Å²) < 4.78 is 13.2. The number of benzene rings is 1. The van der Waals surface area contributed by atoms with Crippen LogP contribution < -0.4 is 11.1 Å². The molecule has 0 saturated heterocycles. The van der Waals surface area contributed by atoms with Crippen LogP contribution in [0.1, 0.15) is 44.2 Å². The molecule has 2 unspecified atom stereocenters. The molecule has 100 valence electrons. The lowest BCUT2D eigenvalue weighted by Gasteiger charge is -2.33. The molecule has 0 aromatic heterocycles. The summed E-state index contributed by atoms with van der Waals surface area (Å²) >= 11 is 0. The molecule has 1 aromatic carbocycles. The van der Waals surface area contributed by atoms with Gasteiger partial charge >= 0.3 is 0 Å². The van der Waals surface area contributed by atoms with Crippen molar-refractivity contribution in [1.29, 1.82) is 0 Å². The summed E-state index contributed by atoms with van der Waals surface area (Å²) in [6.07, 6.45) is 4.95. The van der Waals surface area contributed by atoms with E-state index in [1.54, 1.807) is 12.1 Å². The zero-order chi connectivity index (χ0) is 13.0. The van der Waals surface area contributed by atoms with E-state index in [1.807, 2.05) is 6.07 Å². The quantitative estimate of drug-likeness (QED) is 0.862. The molecule has 1 fully saturated rings. The smallest absolute Gasteiger partial charge is 0.123 e. The highest BCUT2D eigenvalue weighted by atomic mass is 19.1. The van der Waals surface area contributed by atoms with Crippen LogP contribution in [0.5, 0.6) is 0 Å². The van der Waals surface area contributed by atoms with Crippen LogP contribution >= 0.6 is 0 Å². The molecule has 2 nitrogen and oxygen atoms in total. The predicted molar refractivity (Wildman–Crippen MR) is 72.8 cm³/mol. The van der Waals surface area contributed by atoms with Crippen LogP contribution in [0.4, 0.5) is 4.39 Å². The maximum atomic E-state index is 13.2. The monoisotopic (exact) mass is 250 g/mol. The predicted octanol–water partition coefficient (Wildman–Crippen LogP) is 2.99. The maximum Gasteiger partial charge on any atom is 0.123 e. The van der Waals surface area contributed by atoms with Gasteiger partial charge in [0.15, 0.2) is 0 Å². The number of rotatable bonds is 4. The van der Waals surface area contributed by atoms with E-state index in [9.17, 15) is 4.39 Å². The molecule has 0 spiro atoms. The Morgan fingerprint density at radius 1 is 1.39 bits per heavy atom. The Morgan fingerprint density at radius 2 is 2.17 bits per heavy atom. The van der Waals surface area contributed by atoms with Gasteiger partial charge in [0.2, 0.25) is 0 Å². The first-order chi connectivity index (χ1) is 8.70. The molecule has 0 heterocycles. The largest absolute Gasteiger partial charge is 0.330 e. The minimum atomic E-state index is -0.167. The van der Waals surface area contributed by atoms with Crippen LogP contribution in [-0.4, -0.2) is 12.6 Å². The molecule has 1 saturated carbocycles. The number of nitrogens with one attached hydrogen (secondary N) is 1. The lowest BCUT2D eigenvalue weighted by atomic mass is 9.84. The summed E-state index contributed by atoms with van der Waals surface area (Å²) in [4.78, 5) is 0. The van der Waals surface area contributed by atoms with Gasteiger partial charge in [0.05, 0.1) is 0 Å². The topological polar surface area (TPSA) is 38.0 Å². The average molecular weight is 250 g/mol. The molecule has 1 aromatic rings. The van der Waals surface area contributed by atoms with E-state index >= 15 is 0 Å². The average Bonchev–Trinajstić information content (AvgIpc) is 2.39. The van der Waals surface area contributed by atoms with Crippen LogP contribution in [0.3, 0.4) is 0 Å². The molecule has 1 aliphatic rings. The van der Waals surface area contributed by atoms with Gasteiger partial charge in [-0.3, -0.25) is 0 Å². The number of hydrogen-bond donors (Lipinski definition) is 2. The third-order valence-electron chi connectivity index (χ3n) is 4.02. The fourth-order valence-corrected chi connectivity index (χ4v) is 2.90. The van der Waals surface area contributed by atoms with Crippen molar-refractivity contribution in [3.05, 3.63) is 35.6 Å². The van der Waals surface area contributed by atoms with Gasteiger partial charge < -0.3 is 11.1 Å². The van der Waals surface area contributed by atoms with Crippen molar-refractivity contribution in [2.75, 3.05) is 6.54 Å². The summed E-state index contributed by atoms with van der Waals surface area (Å²) in [6.45, 7) is 2.84. The van der Waals surface area contributed by atoms with Gasteiger partial charge in [-0.2, -0.15) is 0 Å². The van der Waals surface area contributed by atoms with Crippen LogP contribution in [0.2, 0.25) is 0 Å². The van der Waals surface area contributed by atoms with Crippen LogP contribution in [0.25, 0.3) is 0 Å². The second kappa shape index (κ2) is 6.30. The second-order valence-electron chi connectivity index (χ2n) is 5.33. The van der Waals surface area contributed by atoms with Crippen molar-refractivity contribution in [3.8, 4) is 0 Å². The van der Waals surface area contributed by atoms with Gasteiger partial charge in [0, 0.05) is 12.1 Å². The van der Waals surface area contributed by atoms with E-state index < -0.39 is 0 Å². The first kappa shape index (κ1) is 13.5. The summed E-state index contributed by atoms with van der Waals surface area (Å²) in [6, 6.07) is 7.49. The Balaban J connectivity index is 1.99. The highest BCUT2D eigenvalue weighted by molar-refractivity contribution is 5.19. The van der Waals surface area contributed by atoms with Gasteiger partial charge in [-0.15, -0.1) is 0 Å². The van der Waals surface area contributed by atoms with Gasteiger partial charge in [-0.1, -0.05) is 25.0 Å². The highest BCUT2D eigenvalue weighted by Gasteiger charge is 2.25. The van der Waals surface area contributed by atoms with Crippen LogP contribution in [-0.2, 0) is 0 Å². The van der Waals surface area contributed by atoms with E-state index in [4.69, 9.17) is 5.73 Å². The first-order valence-corrected chi connectivity index (χ1v) is 6.92. The van der Waals surface area contributed by atoms with Gasteiger partial charge in [-0.25, -0.2) is 4.39 Å². The Morgan fingerprint density at radius 3 is 2.89 bits per heavy atom. The van der Waals surface area contributed by atoms with E-state index in [2.05, 4.69) is 12.2 Å². The normalized spacial score (nSPS) is 25.9. The minimum absolute atomic E-state index is 0.167. The number of hydrogen-bond acceptors (Lipinski definition) is 2. The fourth-order valence-electron chi connectivity index (χ4n) is 2.90. The van der Waals surface area contributed by atoms with Gasteiger partial charge in [0.25, 0.3) is 0 Å². The molecule has 2 rings (SSSR count). The zero-order valence-electron chi connectivity index (χ0n) is 11.0.